The van der Waals surface area contributed by atoms with Crippen LogP contribution in [0.5, 0.6) is 0 Å². The molecule has 0 radical (unpaired) electrons. The zero-order chi connectivity index (χ0) is 17.2. The van der Waals surface area contributed by atoms with E-state index >= 15 is 0 Å². The number of hydrogen-bond donors (Lipinski definition) is 1. The molecule has 0 amide bonds. The lowest BCUT2D eigenvalue weighted by atomic mass is 9.86. The van der Waals surface area contributed by atoms with Crippen LogP contribution in [-0.2, 0) is 5.41 Å². The van der Waals surface area contributed by atoms with Crippen LogP contribution >= 0.6 is 0 Å². The van der Waals surface area contributed by atoms with E-state index in [1.54, 1.807) is 0 Å². The number of anilines is 2. The summed E-state index contributed by atoms with van der Waals surface area (Å²) in [6, 6.07) is 6.75. The Hall–Kier alpha value is -1.81. The van der Waals surface area contributed by atoms with Crippen molar-refractivity contribution in [3.63, 3.8) is 0 Å². The smallest absolute Gasteiger partial charge is 0.136 e. The predicted octanol–water partition coefficient (Wildman–Crippen LogP) is 3.57. The maximum absolute atomic E-state index is 4.68. The van der Waals surface area contributed by atoms with Crippen LogP contribution in [0.4, 0.5) is 11.5 Å². The van der Waals surface area contributed by atoms with Gasteiger partial charge in [-0.1, -0.05) is 32.9 Å². The van der Waals surface area contributed by atoms with Gasteiger partial charge >= 0.3 is 0 Å². The molecule has 2 rings (SSSR count). The second kappa shape index (κ2) is 6.75. The van der Waals surface area contributed by atoms with Crippen molar-refractivity contribution in [3.05, 3.63) is 30.0 Å². The van der Waals surface area contributed by atoms with Gasteiger partial charge in [-0.05, 0) is 31.1 Å². The van der Waals surface area contributed by atoms with Gasteiger partial charge in [-0.3, -0.25) is 0 Å². The Morgan fingerprint density at radius 2 is 1.74 bits per heavy atom. The summed E-state index contributed by atoms with van der Waals surface area (Å²) in [7, 11) is 8.26. The molecule has 2 aromatic rings. The third-order valence-electron chi connectivity index (χ3n) is 4.03. The monoisotopic (exact) mass is 314 g/mol. The van der Waals surface area contributed by atoms with Gasteiger partial charge < -0.3 is 15.1 Å². The largest absolute Gasteiger partial charge is 0.382 e. The Morgan fingerprint density at radius 3 is 2.30 bits per heavy atom. The molecular formula is C19H30N4. The minimum Gasteiger partial charge on any atom is -0.382 e. The highest BCUT2D eigenvalue weighted by Gasteiger charge is 2.16. The Labute approximate surface area is 140 Å². The normalized spacial score (nSPS) is 12.0. The average molecular weight is 314 g/mol. The fourth-order valence-corrected chi connectivity index (χ4v) is 2.61. The summed E-state index contributed by atoms with van der Waals surface area (Å²) >= 11 is 0. The number of hydrogen-bond acceptors (Lipinski definition) is 4. The topological polar surface area (TPSA) is 31.4 Å². The molecule has 0 saturated carbocycles. The van der Waals surface area contributed by atoms with Gasteiger partial charge in [0.1, 0.15) is 5.82 Å². The molecule has 0 aliphatic heterocycles. The number of rotatable bonds is 5. The second-order valence-electron chi connectivity index (χ2n) is 7.63. The van der Waals surface area contributed by atoms with Gasteiger partial charge in [0.2, 0.25) is 0 Å². The van der Waals surface area contributed by atoms with Crippen LogP contribution in [-0.4, -0.2) is 51.2 Å². The molecule has 126 valence electrons. The first-order valence-corrected chi connectivity index (χ1v) is 8.19. The number of pyridine rings is 1. The first-order chi connectivity index (χ1) is 10.7. The SMILES string of the molecule is CN(C)CCNc1cnc(N(C)C)c2cc(C(C)(C)C)ccc12. The fourth-order valence-electron chi connectivity index (χ4n) is 2.61. The van der Waals surface area contributed by atoms with E-state index < -0.39 is 0 Å². The summed E-state index contributed by atoms with van der Waals surface area (Å²) in [5, 5.41) is 5.96. The number of benzene rings is 1. The van der Waals surface area contributed by atoms with Crippen molar-refractivity contribution in [3.8, 4) is 0 Å². The highest BCUT2D eigenvalue weighted by atomic mass is 15.1. The number of nitrogens with one attached hydrogen (secondary N) is 1. The summed E-state index contributed by atoms with van der Waals surface area (Å²) in [5.74, 6) is 1.02. The summed E-state index contributed by atoms with van der Waals surface area (Å²) < 4.78 is 0. The highest BCUT2D eigenvalue weighted by molar-refractivity contribution is 6.00. The van der Waals surface area contributed by atoms with Gasteiger partial charge in [-0.15, -0.1) is 0 Å². The predicted molar refractivity (Wildman–Crippen MR) is 102 cm³/mol. The minimum atomic E-state index is 0.131. The van der Waals surface area contributed by atoms with Crippen molar-refractivity contribution < 1.29 is 0 Å². The molecule has 0 bridgehead atoms. The zero-order valence-electron chi connectivity index (χ0n) is 15.6. The van der Waals surface area contributed by atoms with E-state index in [-0.39, 0.29) is 5.41 Å². The molecule has 0 spiro atoms. The standard InChI is InChI=1S/C19H30N4/c1-19(2,3)14-8-9-15-16(12-14)18(23(6)7)21-13-17(15)20-10-11-22(4)5/h8-9,12-13,20H,10-11H2,1-7H3. The van der Waals surface area contributed by atoms with Gasteiger partial charge in [0.05, 0.1) is 11.9 Å². The van der Waals surface area contributed by atoms with Crippen molar-refractivity contribution >= 4 is 22.3 Å². The first-order valence-electron chi connectivity index (χ1n) is 8.19. The van der Waals surface area contributed by atoms with Crippen molar-refractivity contribution in [1.82, 2.24) is 9.88 Å². The summed E-state index contributed by atoms with van der Waals surface area (Å²) in [5.41, 5.74) is 2.57. The Kier molecular flexibility index (Phi) is 5.15. The summed E-state index contributed by atoms with van der Waals surface area (Å²) in [6.45, 7) is 8.64. The molecule has 0 fully saturated rings. The number of fused-ring (bicyclic) bond motifs is 1. The van der Waals surface area contributed by atoms with Crippen molar-refractivity contribution in [2.75, 3.05) is 51.5 Å². The lowest BCUT2D eigenvalue weighted by molar-refractivity contribution is 0.425. The van der Waals surface area contributed by atoms with E-state index in [9.17, 15) is 0 Å². The van der Waals surface area contributed by atoms with Gasteiger partial charge in [-0.2, -0.15) is 0 Å². The van der Waals surface area contributed by atoms with Crippen molar-refractivity contribution in [2.24, 2.45) is 0 Å². The molecule has 1 heterocycles. The van der Waals surface area contributed by atoms with Crippen LogP contribution in [0.15, 0.2) is 24.4 Å². The molecule has 1 N–H and O–H groups in total. The van der Waals surface area contributed by atoms with Crippen LogP contribution in [0.1, 0.15) is 26.3 Å². The second-order valence-corrected chi connectivity index (χ2v) is 7.63. The Morgan fingerprint density at radius 1 is 1.04 bits per heavy atom. The molecule has 4 heteroatoms. The maximum Gasteiger partial charge on any atom is 0.136 e. The quantitative estimate of drug-likeness (QED) is 0.914. The summed E-state index contributed by atoms with van der Waals surface area (Å²) in [4.78, 5) is 8.93. The average Bonchev–Trinajstić information content (AvgIpc) is 2.45. The molecular weight excluding hydrogens is 284 g/mol. The fraction of sp³-hybridized carbons (Fsp3) is 0.526. The van der Waals surface area contributed by atoms with E-state index in [0.717, 1.165) is 24.6 Å². The maximum atomic E-state index is 4.68. The molecule has 4 nitrogen and oxygen atoms in total. The zero-order valence-corrected chi connectivity index (χ0v) is 15.6. The molecule has 0 saturated heterocycles. The Bertz CT molecular complexity index is 669. The van der Waals surface area contributed by atoms with E-state index in [0.29, 0.717) is 0 Å². The van der Waals surface area contributed by atoms with Crippen molar-refractivity contribution in [2.45, 2.75) is 26.2 Å². The minimum absolute atomic E-state index is 0.131. The number of nitrogens with zero attached hydrogens (tertiary/aromatic N) is 3. The van der Waals surface area contributed by atoms with E-state index in [2.05, 4.69) is 73.2 Å². The lowest BCUT2D eigenvalue weighted by Crippen LogP contribution is -2.21. The van der Waals surface area contributed by atoms with Gasteiger partial charge in [0.15, 0.2) is 0 Å². The first kappa shape index (κ1) is 17.5. The van der Waals surface area contributed by atoms with Crippen LogP contribution in [0, 0.1) is 0 Å². The highest BCUT2D eigenvalue weighted by Crippen LogP contribution is 2.33. The van der Waals surface area contributed by atoms with Gasteiger partial charge in [0, 0.05) is 38.0 Å². The molecule has 0 aliphatic carbocycles. The molecule has 23 heavy (non-hydrogen) atoms. The van der Waals surface area contributed by atoms with Crippen LogP contribution in [0.25, 0.3) is 10.8 Å². The van der Waals surface area contributed by atoms with Crippen LogP contribution in [0.2, 0.25) is 0 Å². The molecule has 1 aromatic heterocycles. The van der Waals surface area contributed by atoms with E-state index in [1.807, 2.05) is 20.3 Å². The third kappa shape index (κ3) is 4.14. The van der Waals surface area contributed by atoms with Crippen molar-refractivity contribution in [1.29, 1.82) is 0 Å². The van der Waals surface area contributed by atoms with Crippen LogP contribution in [0.3, 0.4) is 0 Å². The number of aromatic nitrogens is 1. The summed E-state index contributed by atoms with van der Waals surface area (Å²) in [6.07, 6.45) is 1.95. The van der Waals surface area contributed by atoms with Gasteiger partial charge in [0.25, 0.3) is 0 Å². The molecule has 1 aromatic carbocycles. The Balaban J connectivity index is 2.49. The lowest BCUT2D eigenvalue weighted by Gasteiger charge is -2.22. The molecule has 0 atom stereocenters. The van der Waals surface area contributed by atoms with Crippen LogP contribution < -0.4 is 10.2 Å². The third-order valence-corrected chi connectivity index (χ3v) is 4.03. The number of likely N-dealkylation sites (N-methyl/N-ethyl adjacent to an activating group) is 1. The molecule has 0 unspecified atom stereocenters. The van der Waals surface area contributed by atoms with Gasteiger partial charge in [-0.25, -0.2) is 4.98 Å². The van der Waals surface area contributed by atoms with E-state index in [1.165, 1.54) is 16.3 Å². The molecule has 0 aliphatic rings. The van der Waals surface area contributed by atoms with E-state index in [4.69, 9.17) is 0 Å².